The minimum Gasteiger partial charge on any atom is -0.479 e. The molecule has 11 unspecified atom stereocenters. The Morgan fingerprint density at radius 3 is 1.42 bits per heavy atom. The lowest BCUT2D eigenvalue weighted by atomic mass is 9.95. The molecule has 0 radical (unpaired) electrons. The number of rotatable bonds is 16. The zero-order chi connectivity index (χ0) is 38.4. The van der Waals surface area contributed by atoms with Crippen molar-refractivity contribution in [3.8, 4) is 0 Å². The van der Waals surface area contributed by atoms with Gasteiger partial charge in [-0.25, -0.2) is 4.79 Å². The SMILES string of the molecule is NCCCCCO[C@H]1OC(CO)[C@@H](O[C@@H]2OC(CO)[C@@H](O[C@@H]3OC(C(=O)O)[C@@H](O[C@H]4OC(CO)[C@H](O)C(O)C4O)C(O)C3O)C(O)[C@@H]2O)C(O)C1O. The maximum Gasteiger partial charge on any atom is 0.335 e. The van der Waals surface area contributed by atoms with Crippen molar-refractivity contribution in [3.63, 3.8) is 0 Å². The predicted octanol–water partition coefficient (Wildman–Crippen LogP) is -8.50. The summed E-state index contributed by atoms with van der Waals surface area (Å²) in [6, 6.07) is 0. The maximum absolute atomic E-state index is 12.2. The first-order valence-corrected chi connectivity index (χ1v) is 16.8. The summed E-state index contributed by atoms with van der Waals surface area (Å²) in [7, 11) is 0. The van der Waals surface area contributed by atoms with Crippen LogP contribution in [0, 0.1) is 0 Å². The average Bonchev–Trinajstić information content (AvgIpc) is 3.13. The molecule has 0 spiro atoms. The van der Waals surface area contributed by atoms with Gasteiger partial charge in [-0.3, -0.25) is 0 Å². The summed E-state index contributed by atoms with van der Waals surface area (Å²) in [5.74, 6) is -1.80. The third kappa shape index (κ3) is 9.52. The molecule has 4 fully saturated rings. The largest absolute Gasteiger partial charge is 0.479 e. The molecule has 304 valence electrons. The number of aliphatic hydroxyl groups excluding tert-OH is 12. The quantitative estimate of drug-likeness (QED) is 0.0649. The standard InChI is InChI=1S/C29H51NO22/c30-4-2-1-3-5-45-26-18(40)14(36)21(10(7-32)47-26)49-28-19(41)15(37)22(11(8-33)48-28)50-29-20(42)16(38)23(24(52-29)25(43)44)51-27-17(39)13(35)12(34)9(6-31)46-27/h9-24,26-29,31-42H,1-8,30H2,(H,43,44)/t9?,10?,11?,12-,13?,14?,15?,16?,17?,18?,19-,20?,21+,22+,23-,24?,26-,27+,28-,29+/m0/s1. The van der Waals surface area contributed by atoms with Gasteiger partial charge >= 0.3 is 5.97 Å². The number of carboxylic acids is 1. The number of aliphatic carboxylic acids is 1. The van der Waals surface area contributed by atoms with Gasteiger partial charge in [-0.15, -0.1) is 0 Å². The first-order chi connectivity index (χ1) is 24.7. The number of ether oxygens (including phenoxy) is 8. The van der Waals surface area contributed by atoms with Crippen molar-refractivity contribution < 1.29 is 109 Å². The second kappa shape index (κ2) is 19.5. The Labute approximate surface area is 296 Å². The van der Waals surface area contributed by atoms with Crippen molar-refractivity contribution in [2.75, 3.05) is 33.0 Å². The molecule has 4 heterocycles. The first-order valence-electron chi connectivity index (χ1n) is 16.8. The normalized spacial score (nSPS) is 47.3. The summed E-state index contributed by atoms with van der Waals surface area (Å²) in [5, 5.41) is 135. The number of hydrogen-bond donors (Lipinski definition) is 14. The van der Waals surface area contributed by atoms with E-state index in [1.54, 1.807) is 0 Å². The monoisotopic (exact) mass is 765 g/mol. The van der Waals surface area contributed by atoms with Crippen molar-refractivity contribution in [1.29, 1.82) is 0 Å². The van der Waals surface area contributed by atoms with Gasteiger partial charge in [0.05, 0.1) is 19.8 Å². The summed E-state index contributed by atoms with van der Waals surface area (Å²) < 4.78 is 43.7. The van der Waals surface area contributed by atoms with Crippen LogP contribution < -0.4 is 5.73 Å². The number of aliphatic hydroxyl groups is 12. The molecule has 0 bridgehead atoms. The molecule has 0 aromatic rings. The molecule has 0 aromatic heterocycles. The van der Waals surface area contributed by atoms with E-state index in [0.717, 1.165) is 12.8 Å². The Bertz CT molecular complexity index is 1090. The predicted molar refractivity (Wildman–Crippen MR) is 161 cm³/mol. The topological polar surface area (TPSA) is 380 Å². The van der Waals surface area contributed by atoms with Crippen LogP contribution in [-0.4, -0.2) is 228 Å². The summed E-state index contributed by atoms with van der Waals surface area (Å²) in [6.07, 6.45) is -34.9. The van der Waals surface area contributed by atoms with Gasteiger partial charge in [-0.05, 0) is 25.8 Å². The van der Waals surface area contributed by atoms with Crippen LogP contribution in [0.1, 0.15) is 19.3 Å². The van der Waals surface area contributed by atoms with Gasteiger partial charge in [0.15, 0.2) is 31.3 Å². The van der Waals surface area contributed by atoms with Gasteiger partial charge in [-0.1, -0.05) is 0 Å². The van der Waals surface area contributed by atoms with Gasteiger partial charge in [0.2, 0.25) is 0 Å². The lowest BCUT2D eigenvalue weighted by Gasteiger charge is -2.48. The van der Waals surface area contributed by atoms with Crippen molar-refractivity contribution >= 4 is 5.97 Å². The highest BCUT2D eigenvalue weighted by Crippen LogP contribution is 2.34. The van der Waals surface area contributed by atoms with E-state index in [9.17, 15) is 71.2 Å². The zero-order valence-corrected chi connectivity index (χ0v) is 27.8. The third-order valence-corrected chi connectivity index (χ3v) is 9.28. The van der Waals surface area contributed by atoms with Crippen molar-refractivity contribution in [3.05, 3.63) is 0 Å². The molecule has 0 saturated carbocycles. The Morgan fingerprint density at radius 2 is 0.923 bits per heavy atom. The minimum atomic E-state index is -2.20. The van der Waals surface area contributed by atoms with Crippen molar-refractivity contribution in [2.45, 2.75) is 142 Å². The Morgan fingerprint density at radius 1 is 0.500 bits per heavy atom. The highest BCUT2D eigenvalue weighted by Gasteiger charge is 2.56. The molecule has 15 N–H and O–H groups in total. The van der Waals surface area contributed by atoms with Crippen LogP contribution in [0.4, 0.5) is 0 Å². The average molecular weight is 766 g/mol. The van der Waals surface area contributed by atoms with Crippen molar-refractivity contribution in [2.24, 2.45) is 5.73 Å². The summed E-state index contributed by atoms with van der Waals surface area (Å²) in [4.78, 5) is 12.2. The number of carbonyl (C=O) groups is 1. The molecular formula is C29H51NO22. The van der Waals surface area contributed by atoms with Crippen LogP contribution in [0.2, 0.25) is 0 Å². The molecule has 23 nitrogen and oxygen atoms in total. The fourth-order valence-electron chi connectivity index (χ4n) is 6.26. The minimum absolute atomic E-state index is 0.143. The van der Waals surface area contributed by atoms with Crippen molar-refractivity contribution in [1.82, 2.24) is 0 Å². The Kier molecular flexibility index (Phi) is 16.2. The van der Waals surface area contributed by atoms with Gasteiger partial charge in [-0.2, -0.15) is 0 Å². The van der Waals surface area contributed by atoms with Gasteiger partial charge < -0.3 is 110 Å². The molecule has 4 aliphatic heterocycles. The lowest BCUT2D eigenvalue weighted by molar-refractivity contribution is -0.385. The highest BCUT2D eigenvalue weighted by molar-refractivity contribution is 5.73. The third-order valence-electron chi connectivity index (χ3n) is 9.28. The number of nitrogens with two attached hydrogens (primary N) is 1. The molecule has 52 heavy (non-hydrogen) atoms. The number of unbranched alkanes of at least 4 members (excludes halogenated alkanes) is 2. The molecule has 0 amide bonds. The van der Waals surface area contributed by atoms with Crippen LogP contribution in [0.3, 0.4) is 0 Å². The van der Waals surface area contributed by atoms with E-state index in [2.05, 4.69) is 0 Å². The lowest BCUT2D eigenvalue weighted by Crippen LogP contribution is -2.68. The molecule has 4 rings (SSSR count). The highest BCUT2D eigenvalue weighted by atomic mass is 16.8. The van der Waals surface area contributed by atoms with Gasteiger partial charge in [0, 0.05) is 6.61 Å². The van der Waals surface area contributed by atoms with Gasteiger partial charge in [0.25, 0.3) is 0 Å². The molecule has 0 aromatic carbocycles. The summed E-state index contributed by atoms with van der Waals surface area (Å²) in [5.41, 5.74) is 5.46. The Balaban J connectivity index is 1.41. The number of carboxylic acid groups (broad SMARTS) is 1. The smallest absolute Gasteiger partial charge is 0.335 e. The second-order valence-electron chi connectivity index (χ2n) is 12.9. The van der Waals surface area contributed by atoms with E-state index in [4.69, 9.17) is 43.6 Å². The van der Waals surface area contributed by atoms with E-state index in [0.29, 0.717) is 13.0 Å². The van der Waals surface area contributed by atoms with E-state index in [1.807, 2.05) is 0 Å². The maximum atomic E-state index is 12.2. The van der Waals surface area contributed by atoms with E-state index in [-0.39, 0.29) is 6.61 Å². The molecule has 23 heteroatoms. The zero-order valence-electron chi connectivity index (χ0n) is 27.8. The van der Waals surface area contributed by atoms with Crippen LogP contribution in [0.25, 0.3) is 0 Å². The Hall–Kier alpha value is -1.37. The fourth-order valence-corrected chi connectivity index (χ4v) is 6.26. The van der Waals surface area contributed by atoms with E-state index < -0.39 is 149 Å². The summed E-state index contributed by atoms with van der Waals surface area (Å²) >= 11 is 0. The molecular weight excluding hydrogens is 714 g/mol. The number of hydrogen-bond acceptors (Lipinski definition) is 22. The van der Waals surface area contributed by atoms with Crippen LogP contribution in [-0.2, 0) is 42.7 Å². The fraction of sp³-hybridized carbons (Fsp3) is 0.966. The van der Waals surface area contributed by atoms with E-state index >= 15 is 0 Å². The van der Waals surface area contributed by atoms with Crippen LogP contribution >= 0.6 is 0 Å². The first kappa shape index (κ1) is 43.4. The van der Waals surface area contributed by atoms with E-state index in [1.165, 1.54) is 0 Å². The second-order valence-corrected chi connectivity index (χ2v) is 12.9. The molecule has 0 aliphatic carbocycles. The molecule has 4 aliphatic rings. The molecule has 20 atom stereocenters. The van der Waals surface area contributed by atoms with Gasteiger partial charge in [0.1, 0.15) is 91.6 Å². The summed E-state index contributed by atoms with van der Waals surface area (Å²) in [6.45, 7) is -1.94. The van der Waals surface area contributed by atoms with Crippen LogP contribution in [0.15, 0.2) is 0 Å². The molecule has 4 saturated heterocycles. The van der Waals surface area contributed by atoms with Crippen LogP contribution in [0.5, 0.6) is 0 Å².